The maximum absolute atomic E-state index is 11.8. The number of aryl methyl sites for hydroxylation is 1. The molecule has 2 aromatic carbocycles. The lowest BCUT2D eigenvalue weighted by Gasteiger charge is -2.33. The van der Waals surface area contributed by atoms with Crippen LogP contribution in [0.25, 0.3) is 0 Å². The van der Waals surface area contributed by atoms with Gasteiger partial charge in [0.1, 0.15) is 0 Å². The van der Waals surface area contributed by atoms with E-state index in [1.54, 1.807) is 66.4 Å². The number of nitro groups is 1. The minimum atomic E-state index is -1.09. The van der Waals surface area contributed by atoms with E-state index in [0.717, 1.165) is 22.9 Å². The summed E-state index contributed by atoms with van der Waals surface area (Å²) in [6.07, 6.45) is 6.92. The molecule has 1 heterocycles. The number of thioether (sulfide) groups is 1. The predicted molar refractivity (Wildman–Crippen MR) is 159 cm³/mol. The van der Waals surface area contributed by atoms with Crippen LogP contribution < -0.4 is 0 Å². The second-order valence-corrected chi connectivity index (χ2v) is 10.9. The number of aliphatic carboxylic acids is 1. The van der Waals surface area contributed by atoms with Crippen LogP contribution >= 0.6 is 11.8 Å². The minimum absolute atomic E-state index is 0.0209. The molecule has 3 rings (SSSR count). The van der Waals surface area contributed by atoms with Crippen LogP contribution in [0.2, 0.25) is 0 Å². The highest BCUT2D eigenvalue weighted by Crippen LogP contribution is 2.40. The Morgan fingerprint density at radius 2 is 1.98 bits per heavy atom. The minimum Gasteiger partial charge on any atom is -0.481 e. The van der Waals surface area contributed by atoms with Gasteiger partial charge in [-0.2, -0.15) is 5.26 Å². The van der Waals surface area contributed by atoms with Gasteiger partial charge in [-0.3, -0.25) is 14.9 Å². The Kier molecular flexibility index (Phi) is 10.3. The van der Waals surface area contributed by atoms with E-state index in [2.05, 4.69) is 12.6 Å². The van der Waals surface area contributed by atoms with Gasteiger partial charge < -0.3 is 15.1 Å². The zero-order chi connectivity index (χ0) is 30.2. The van der Waals surface area contributed by atoms with Crippen molar-refractivity contribution in [2.24, 2.45) is 0 Å². The standard InChI is InChI=1S/C31H31N3O6S/c1-21-8-12-24(30(37)38)18-26(21)31(3,19-25-6-4-5-7-27(25)34(39)40)22(2)9-10-23(20-32)11-13-28-33(16-17-41-28)15-14-29(35)36/h4-13,18H,2,14-17,19H2,1,3H3,(H,35,36)(H,37,38)/b10-9+,23-11-,28-13-. The van der Waals surface area contributed by atoms with Crippen molar-refractivity contribution in [2.75, 3.05) is 18.8 Å². The second kappa shape index (κ2) is 13.6. The zero-order valence-electron chi connectivity index (χ0n) is 22.9. The summed E-state index contributed by atoms with van der Waals surface area (Å²) >= 11 is 1.59. The van der Waals surface area contributed by atoms with Gasteiger partial charge in [-0.05, 0) is 60.4 Å². The third kappa shape index (κ3) is 7.74. The maximum Gasteiger partial charge on any atom is 0.335 e. The molecule has 0 amide bonds. The topological polar surface area (TPSA) is 145 Å². The van der Waals surface area contributed by atoms with Crippen LogP contribution in [-0.4, -0.2) is 50.8 Å². The van der Waals surface area contributed by atoms with Crippen LogP contribution in [-0.2, 0) is 16.6 Å². The molecule has 0 aliphatic carbocycles. The summed E-state index contributed by atoms with van der Waals surface area (Å²) in [6, 6.07) is 13.3. The number of nitro benzene ring substituents is 1. The van der Waals surface area contributed by atoms with Gasteiger partial charge in [-0.1, -0.05) is 43.8 Å². The van der Waals surface area contributed by atoms with E-state index >= 15 is 0 Å². The molecule has 1 aliphatic heterocycles. The molecule has 9 nitrogen and oxygen atoms in total. The fraction of sp³-hybridized carbons (Fsp3) is 0.258. The number of hydrogen-bond donors (Lipinski definition) is 2. The molecular weight excluding hydrogens is 542 g/mol. The first-order valence-corrected chi connectivity index (χ1v) is 13.8. The van der Waals surface area contributed by atoms with Crippen molar-refractivity contribution in [3.8, 4) is 6.07 Å². The molecule has 0 bridgehead atoms. The molecule has 1 fully saturated rings. The Morgan fingerprint density at radius 1 is 1.24 bits per heavy atom. The summed E-state index contributed by atoms with van der Waals surface area (Å²) < 4.78 is 0. The van der Waals surface area contributed by atoms with Gasteiger partial charge in [-0.25, -0.2) is 4.79 Å². The highest BCUT2D eigenvalue weighted by molar-refractivity contribution is 8.03. The van der Waals surface area contributed by atoms with Crippen LogP contribution in [0.5, 0.6) is 0 Å². The van der Waals surface area contributed by atoms with Gasteiger partial charge in [0.15, 0.2) is 0 Å². The van der Waals surface area contributed by atoms with Crippen LogP contribution in [0.3, 0.4) is 0 Å². The Hall–Kier alpha value is -4.62. The molecule has 0 radical (unpaired) electrons. The molecule has 41 heavy (non-hydrogen) atoms. The molecular formula is C31H31N3O6S. The number of para-hydroxylation sites is 1. The number of rotatable bonds is 12. The first-order chi connectivity index (χ1) is 19.5. The van der Waals surface area contributed by atoms with Gasteiger partial charge in [0.05, 0.1) is 33.6 Å². The van der Waals surface area contributed by atoms with Gasteiger partial charge >= 0.3 is 11.9 Å². The lowest BCUT2D eigenvalue weighted by atomic mass is 9.70. The maximum atomic E-state index is 11.8. The van der Waals surface area contributed by atoms with Crippen LogP contribution in [0.15, 0.2) is 89.5 Å². The van der Waals surface area contributed by atoms with Crippen molar-refractivity contribution < 1.29 is 24.7 Å². The van der Waals surface area contributed by atoms with E-state index in [9.17, 15) is 30.1 Å². The third-order valence-electron chi connectivity index (χ3n) is 7.04. The number of carbonyl (C=O) groups is 2. The molecule has 1 aliphatic rings. The number of carboxylic acid groups (broad SMARTS) is 2. The number of allylic oxidation sites excluding steroid dienone is 6. The molecule has 212 valence electrons. The lowest BCUT2D eigenvalue weighted by Crippen LogP contribution is -2.28. The van der Waals surface area contributed by atoms with E-state index in [4.69, 9.17) is 5.11 Å². The largest absolute Gasteiger partial charge is 0.481 e. The summed E-state index contributed by atoms with van der Waals surface area (Å²) in [5, 5.41) is 41.1. The number of carboxylic acids is 2. The molecule has 10 heteroatoms. The molecule has 1 unspecified atom stereocenters. The number of nitrogens with zero attached hydrogens (tertiary/aromatic N) is 3. The lowest BCUT2D eigenvalue weighted by molar-refractivity contribution is -0.385. The number of nitriles is 1. The van der Waals surface area contributed by atoms with Crippen molar-refractivity contribution in [3.05, 3.63) is 122 Å². The Morgan fingerprint density at radius 3 is 2.63 bits per heavy atom. The number of benzene rings is 2. The highest BCUT2D eigenvalue weighted by atomic mass is 32.2. The van der Waals surface area contributed by atoms with Crippen molar-refractivity contribution >= 4 is 29.4 Å². The Bertz CT molecular complexity index is 1500. The zero-order valence-corrected chi connectivity index (χ0v) is 23.7. The molecule has 1 saturated heterocycles. The molecule has 2 aromatic rings. The van der Waals surface area contributed by atoms with Gasteiger partial charge in [-0.15, -0.1) is 11.8 Å². The van der Waals surface area contributed by atoms with Crippen molar-refractivity contribution in [1.29, 1.82) is 5.26 Å². The smallest absolute Gasteiger partial charge is 0.335 e. The van der Waals surface area contributed by atoms with Gasteiger partial charge in [0.2, 0.25) is 0 Å². The van der Waals surface area contributed by atoms with Crippen LogP contribution in [0.4, 0.5) is 5.69 Å². The summed E-state index contributed by atoms with van der Waals surface area (Å²) in [4.78, 5) is 36.0. The quantitative estimate of drug-likeness (QED) is 0.135. The summed E-state index contributed by atoms with van der Waals surface area (Å²) in [6.45, 7) is 9.08. The summed E-state index contributed by atoms with van der Waals surface area (Å²) in [5.74, 6) is -1.14. The molecule has 0 saturated carbocycles. The van der Waals surface area contributed by atoms with E-state index in [0.29, 0.717) is 28.8 Å². The fourth-order valence-electron chi connectivity index (χ4n) is 4.68. The van der Waals surface area contributed by atoms with Crippen molar-refractivity contribution in [3.63, 3.8) is 0 Å². The van der Waals surface area contributed by atoms with E-state index in [-0.39, 0.29) is 24.1 Å². The first kappa shape index (κ1) is 30.9. The fourth-order valence-corrected chi connectivity index (χ4v) is 5.73. The monoisotopic (exact) mass is 573 g/mol. The van der Waals surface area contributed by atoms with Crippen LogP contribution in [0, 0.1) is 28.4 Å². The summed E-state index contributed by atoms with van der Waals surface area (Å²) in [5.41, 5.74) is 1.87. The third-order valence-corrected chi connectivity index (χ3v) is 8.11. The van der Waals surface area contributed by atoms with E-state index < -0.39 is 22.3 Å². The average molecular weight is 574 g/mol. The SMILES string of the molecule is C=C(/C=C/C(C#N)=C/C=C1\SCCN1CCC(=O)O)C(C)(Cc1ccccc1[N+](=O)[O-])c1cc(C(=O)O)ccc1C. The average Bonchev–Trinajstić information content (AvgIpc) is 3.39. The molecule has 0 aromatic heterocycles. The summed E-state index contributed by atoms with van der Waals surface area (Å²) in [7, 11) is 0. The Labute approximate surface area is 242 Å². The molecule has 2 N–H and O–H groups in total. The first-order valence-electron chi connectivity index (χ1n) is 12.8. The normalized spacial score (nSPS) is 16.0. The Balaban J connectivity index is 2.01. The predicted octanol–water partition coefficient (Wildman–Crippen LogP) is 6.03. The van der Waals surface area contributed by atoms with Crippen LogP contribution in [0.1, 0.15) is 40.4 Å². The number of hydrogen-bond acceptors (Lipinski definition) is 7. The molecule has 1 atom stereocenters. The number of aromatic carboxylic acids is 1. The van der Waals surface area contributed by atoms with Crippen molar-refractivity contribution in [1.82, 2.24) is 4.90 Å². The molecule has 0 spiro atoms. The van der Waals surface area contributed by atoms with Gasteiger partial charge in [0.25, 0.3) is 5.69 Å². The van der Waals surface area contributed by atoms with Gasteiger partial charge in [0, 0.05) is 35.9 Å². The van der Waals surface area contributed by atoms with Crippen molar-refractivity contribution in [2.45, 2.75) is 32.1 Å². The van der Waals surface area contributed by atoms with E-state index in [1.165, 1.54) is 12.1 Å². The van der Waals surface area contributed by atoms with E-state index in [1.807, 2.05) is 18.7 Å². The second-order valence-electron chi connectivity index (χ2n) is 9.81. The highest BCUT2D eigenvalue weighted by Gasteiger charge is 2.33.